The molecule has 2 aromatic heterocycles. The third kappa shape index (κ3) is 4.28. The van der Waals surface area contributed by atoms with E-state index in [4.69, 9.17) is 8.83 Å². The fraction of sp³-hybridized carbons (Fsp3) is 0.0400. The number of para-hydroxylation sites is 3. The van der Waals surface area contributed by atoms with Gasteiger partial charge in [-0.1, -0.05) is 146 Å². The second kappa shape index (κ2) is 11.3. The first kappa shape index (κ1) is 29.8. The Morgan fingerprint density at radius 3 is 1.70 bits per heavy atom. The van der Waals surface area contributed by atoms with Crippen LogP contribution in [0.25, 0.3) is 66.1 Å². The third-order valence-corrected chi connectivity index (χ3v) is 11.4. The van der Waals surface area contributed by atoms with Crippen LogP contribution in [0.15, 0.2) is 191 Å². The van der Waals surface area contributed by atoms with E-state index in [0.717, 1.165) is 72.1 Å². The lowest BCUT2D eigenvalue weighted by Gasteiger charge is -2.31. The number of nitrogens with zero attached hydrogens (tertiary/aromatic N) is 1. The Bertz CT molecular complexity index is 2980. The molecule has 0 radical (unpaired) electrons. The van der Waals surface area contributed by atoms with E-state index in [1.165, 1.54) is 27.8 Å². The Morgan fingerprint density at radius 1 is 0.396 bits per heavy atom. The summed E-state index contributed by atoms with van der Waals surface area (Å²) in [5, 5.41) is 4.33. The highest BCUT2D eigenvalue weighted by atomic mass is 16.3. The van der Waals surface area contributed by atoms with E-state index in [0.29, 0.717) is 0 Å². The standard InChI is InChI=1S/C50H33NO2/c1-50(40-21-9-5-16-35(40)36-17-6-10-22-41(36)50)42-30-31-43(47-39-19-8-12-25-46(39)53-49(42)47)51(34-28-26-33(27-29-34)32-14-3-2-4-15-32)44-23-13-20-38-37-18-7-11-24-45(37)52-48(38)44/h2-31H,1H3. The average molecular weight is 680 g/mol. The summed E-state index contributed by atoms with van der Waals surface area (Å²) in [6, 6.07) is 64.8. The van der Waals surface area contributed by atoms with E-state index in [2.05, 4.69) is 182 Å². The predicted molar refractivity (Wildman–Crippen MR) is 219 cm³/mol. The van der Waals surface area contributed by atoms with Gasteiger partial charge in [-0.2, -0.15) is 0 Å². The van der Waals surface area contributed by atoms with E-state index < -0.39 is 5.41 Å². The van der Waals surface area contributed by atoms with Crippen molar-refractivity contribution in [1.29, 1.82) is 0 Å². The monoisotopic (exact) mass is 679 g/mol. The fourth-order valence-electron chi connectivity index (χ4n) is 8.88. The average Bonchev–Trinajstić information content (AvgIpc) is 3.88. The molecule has 1 aliphatic carbocycles. The van der Waals surface area contributed by atoms with Crippen LogP contribution < -0.4 is 4.90 Å². The molecule has 0 amide bonds. The number of anilines is 3. The Kier molecular flexibility index (Phi) is 6.38. The van der Waals surface area contributed by atoms with E-state index in [1.807, 2.05) is 12.1 Å². The minimum atomic E-state index is -0.432. The molecule has 3 heteroatoms. The largest absolute Gasteiger partial charge is 0.456 e. The lowest BCUT2D eigenvalue weighted by molar-refractivity contribution is 0.637. The van der Waals surface area contributed by atoms with E-state index in [1.54, 1.807) is 0 Å². The van der Waals surface area contributed by atoms with Crippen LogP contribution in [0.1, 0.15) is 23.6 Å². The van der Waals surface area contributed by atoms with Crippen molar-refractivity contribution in [2.75, 3.05) is 4.90 Å². The van der Waals surface area contributed by atoms with Crippen molar-refractivity contribution in [1.82, 2.24) is 0 Å². The number of fused-ring (bicyclic) bond motifs is 9. The molecule has 2 heterocycles. The highest BCUT2D eigenvalue weighted by Gasteiger charge is 2.43. The molecule has 0 N–H and O–H groups in total. The van der Waals surface area contributed by atoms with Gasteiger partial charge < -0.3 is 13.7 Å². The van der Waals surface area contributed by atoms with Crippen molar-refractivity contribution in [2.24, 2.45) is 0 Å². The van der Waals surface area contributed by atoms with Crippen molar-refractivity contribution in [3.63, 3.8) is 0 Å². The highest BCUT2D eigenvalue weighted by Crippen LogP contribution is 2.56. The Hall–Kier alpha value is -6.84. The lowest BCUT2D eigenvalue weighted by atomic mass is 9.73. The van der Waals surface area contributed by atoms with Crippen LogP contribution in [0.4, 0.5) is 17.1 Å². The summed E-state index contributed by atoms with van der Waals surface area (Å²) in [6.45, 7) is 2.36. The Morgan fingerprint density at radius 2 is 0.962 bits per heavy atom. The van der Waals surface area contributed by atoms with Crippen LogP contribution in [0.3, 0.4) is 0 Å². The van der Waals surface area contributed by atoms with Crippen LogP contribution in [-0.2, 0) is 5.41 Å². The van der Waals surface area contributed by atoms with Gasteiger partial charge in [-0.25, -0.2) is 0 Å². The van der Waals surface area contributed by atoms with Gasteiger partial charge in [0.2, 0.25) is 0 Å². The topological polar surface area (TPSA) is 29.5 Å². The lowest BCUT2D eigenvalue weighted by Crippen LogP contribution is -2.23. The first-order valence-electron chi connectivity index (χ1n) is 18.2. The number of hydrogen-bond acceptors (Lipinski definition) is 3. The number of furan rings is 2. The molecule has 0 aliphatic heterocycles. The van der Waals surface area contributed by atoms with Gasteiger partial charge in [-0.3, -0.25) is 0 Å². The highest BCUT2D eigenvalue weighted by molar-refractivity contribution is 6.17. The van der Waals surface area contributed by atoms with Gasteiger partial charge in [0.1, 0.15) is 16.7 Å². The van der Waals surface area contributed by atoms with Gasteiger partial charge in [0.15, 0.2) is 5.58 Å². The SMILES string of the molecule is CC1(c2ccc(N(c3ccc(-c4ccccc4)cc3)c3cccc4c3oc3ccccc34)c3c2oc2ccccc23)c2ccccc2-c2ccccc21. The molecule has 0 unspecified atom stereocenters. The number of hydrogen-bond donors (Lipinski definition) is 0. The van der Waals surface area contributed by atoms with Crippen LogP contribution in [-0.4, -0.2) is 0 Å². The molecular weight excluding hydrogens is 647 g/mol. The first-order valence-corrected chi connectivity index (χ1v) is 18.2. The van der Waals surface area contributed by atoms with E-state index >= 15 is 0 Å². The molecule has 0 spiro atoms. The summed E-state index contributed by atoms with van der Waals surface area (Å²) in [7, 11) is 0. The second-order valence-electron chi connectivity index (χ2n) is 14.2. The van der Waals surface area contributed by atoms with Crippen LogP contribution in [0.2, 0.25) is 0 Å². The summed E-state index contributed by atoms with van der Waals surface area (Å²) in [4.78, 5) is 2.35. The molecular formula is C50H33NO2. The molecule has 0 saturated carbocycles. The maximum absolute atomic E-state index is 7.02. The smallest absolute Gasteiger partial charge is 0.159 e. The zero-order chi connectivity index (χ0) is 35.1. The van der Waals surface area contributed by atoms with Gasteiger partial charge in [-0.05, 0) is 76.7 Å². The van der Waals surface area contributed by atoms with Crippen LogP contribution >= 0.6 is 0 Å². The molecule has 250 valence electrons. The van der Waals surface area contributed by atoms with Crippen molar-refractivity contribution in [2.45, 2.75) is 12.3 Å². The summed E-state index contributed by atoms with van der Waals surface area (Å²) >= 11 is 0. The molecule has 0 atom stereocenters. The van der Waals surface area contributed by atoms with Crippen molar-refractivity contribution in [3.8, 4) is 22.3 Å². The maximum atomic E-state index is 7.02. The van der Waals surface area contributed by atoms with Gasteiger partial charge in [0.05, 0.1) is 16.8 Å². The normalized spacial score (nSPS) is 13.2. The maximum Gasteiger partial charge on any atom is 0.159 e. The molecule has 53 heavy (non-hydrogen) atoms. The summed E-state index contributed by atoms with van der Waals surface area (Å²) in [5.74, 6) is 0. The minimum absolute atomic E-state index is 0.432. The number of rotatable bonds is 5. The fourth-order valence-corrected chi connectivity index (χ4v) is 8.88. The molecule has 1 aliphatic rings. The molecule has 0 bridgehead atoms. The van der Waals surface area contributed by atoms with Gasteiger partial charge >= 0.3 is 0 Å². The Balaban J connectivity index is 1.22. The zero-order valence-electron chi connectivity index (χ0n) is 29.1. The molecule has 11 rings (SSSR count). The van der Waals surface area contributed by atoms with Gasteiger partial charge in [0, 0.05) is 32.8 Å². The van der Waals surface area contributed by atoms with E-state index in [9.17, 15) is 0 Å². The molecule has 0 fully saturated rings. The van der Waals surface area contributed by atoms with Gasteiger partial charge in [0.25, 0.3) is 0 Å². The first-order chi connectivity index (χ1) is 26.2. The second-order valence-corrected chi connectivity index (χ2v) is 14.2. The summed E-state index contributed by atoms with van der Waals surface area (Å²) in [6.07, 6.45) is 0. The molecule has 0 saturated heterocycles. The molecule has 10 aromatic rings. The van der Waals surface area contributed by atoms with Crippen molar-refractivity contribution < 1.29 is 8.83 Å². The van der Waals surface area contributed by atoms with Crippen molar-refractivity contribution >= 4 is 60.9 Å². The van der Waals surface area contributed by atoms with Crippen LogP contribution in [0, 0.1) is 0 Å². The zero-order valence-corrected chi connectivity index (χ0v) is 29.1. The Labute approximate surface area is 307 Å². The van der Waals surface area contributed by atoms with Crippen molar-refractivity contribution in [3.05, 3.63) is 199 Å². The summed E-state index contributed by atoms with van der Waals surface area (Å²) < 4.78 is 13.7. The third-order valence-electron chi connectivity index (χ3n) is 11.4. The van der Waals surface area contributed by atoms with Gasteiger partial charge in [-0.15, -0.1) is 0 Å². The predicted octanol–water partition coefficient (Wildman–Crippen LogP) is 14.0. The summed E-state index contributed by atoms with van der Waals surface area (Å²) in [5.41, 5.74) is 14.7. The number of benzene rings is 8. The quantitative estimate of drug-likeness (QED) is 0.181. The minimum Gasteiger partial charge on any atom is -0.456 e. The van der Waals surface area contributed by atoms with Crippen LogP contribution in [0.5, 0.6) is 0 Å². The molecule has 8 aromatic carbocycles. The molecule has 3 nitrogen and oxygen atoms in total. The van der Waals surface area contributed by atoms with E-state index in [-0.39, 0.29) is 0 Å².